The van der Waals surface area contributed by atoms with E-state index in [0.29, 0.717) is 31.6 Å². The molecule has 1 aromatic rings. The van der Waals surface area contributed by atoms with E-state index in [1.807, 2.05) is 38.1 Å². The van der Waals surface area contributed by atoms with Gasteiger partial charge in [-0.25, -0.2) is 0 Å². The van der Waals surface area contributed by atoms with Crippen LogP contribution in [0.15, 0.2) is 24.3 Å². The van der Waals surface area contributed by atoms with Crippen LogP contribution < -0.4 is 15.4 Å². The van der Waals surface area contributed by atoms with Crippen molar-refractivity contribution < 1.29 is 24.2 Å². The summed E-state index contributed by atoms with van der Waals surface area (Å²) in [5, 5.41) is 26.0. The number of rotatable bonds is 9. The highest BCUT2D eigenvalue weighted by Gasteiger charge is 2.54. The van der Waals surface area contributed by atoms with E-state index in [0.717, 1.165) is 18.4 Å². The number of amides is 2. The van der Waals surface area contributed by atoms with Crippen molar-refractivity contribution in [3.05, 3.63) is 29.8 Å². The molecular weight excluding hydrogens is 460 g/mol. The van der Waals surface area contributed by atoms with Gasteiger partial charge < -0.3 is 25.2 Å². The van der Waals surface area contributed by atoms with Crippen LogP contribution in [0.5, 0.6) is 5.75 Å². The molecule has 2 fully saturated rings. The standard InChI is InChI=1S/C27H40N4O5/c1-6-27(7-2)15-21(32)31(25(28)30-27)19(12-13-35-5)17-14-18(17)24(34)29-22-16-10-8-9-11-20(16)36-26(3,4)23(22)33/h8-11,17-19,22-23,33H,6-7,12-15H2,1-5H3,(H2,28,30)(H,29,34)/t17-,18-,19?,22+,23-/m1/s1. The van der Waals surface area contributed by atoms with E-state index in [-0.39, 0.29) is 35.7 Å². The monoisotopic (exact) mass is 500 g/mol. The maximum atomic E-state index is 13.4. The van der Waals surface area contributed by atoms with Crippen molar-refractivity contribution in [1.82, 2.24) is 15.5 Å². The first kappa shape index (κ1) is 26.4. The van der Waals surface area contributed by atoms with E-state index in [1.165, 1.54) is 0 Å². The molecule has 198 valence electrons. The lowest BCUT2D eigenvalue weighted by Gasteiger charge is -2.45. The summed E-state index contributed by atoms with van der Waals surface area (Å²) in [5.74, 6) is 0.142. The highest BCUT2D eigenvalue weighted by atomic mass is 16.5. The summed E-state index contributed by atoms with van der Waals surface area (Å²) in [4.78, 5) is 28.2. The second-order valence-electron chi connectivity index (χ2n) is 10.9. The normalized spacial score (nSPS) is 29.0. The van der Waals surface area contributed by atoms with E-state index in [2.05, 4.69) is 10.6 Å². The number of hydrogen-bond donors (Lipinski definition) is 4. The fourth-order valence-electron chi connectivity index (χ4n) is 5.76. The second-order valence-corrected chi connectivity index (χ2v) is 10.9. The second kappa shape index (κ2) is 10.0. The first-order valence-corrected chi connectivity index (χ1v) is 13.0. The number of nitrogens with one attached hydrogen (secondary N) is 3. The Morgan fingerprint density at radius 1 is 1.33 bits per heavy atom. The van der Waals surface area contributed by atoms with E-state index in [1.54, 1.807) is 25.9 Å². The van der Waals surface area contributed by atoms with Crippen molar-refractivity contribution in [1.29, 1.82) is 5.41 Å². The minimum absolute atomic E-state index is 0.0786. The summed E-state index contributed by atoms with van der Waals surface area (Å²) in [6.07, 6.45) is 2.09. The van der Waals surface area contributed by atoms with Crippen LogP contribution in [0.1, 0.15) is 71.4 Å². The van der Waals surface area contributed by atoms with Crippen LogP contribution in [0, 0.1) is 17.2 Å². The Hall–Kier alpha value is -2.65. The van der Waals surface area contributed by atoms with Gasteiger partial charge in [-0.05, 0) is 51.5 Å². The average molecular weight is 501 g/mol. The fourth-order valence-corrected chi connectivity index (χ4v) is 5.76. The van der Waals surface area contributed by atoms with E-state index in [9.17, 15) is 14.7 Å². The maximum absolute atomic E-state index is 13.4. The highest BCUT2D eigenvalue weighted by Crippen LogP contribution is 2.47. The van der Waals surface area contributed by atoms with Gasteiger partial charge in [-0.3, -0.25) is 19.9 Å². The summed E-state index contributed by atoms with van der Waals surface area (Å²) >= 11 is 0. The Bertz CT molecular complexity index is 988. The minimum atomic E-state index is -0.921. The largest absolute Gasteiger partial charge is 0.485 e. The van der Waals surface area contributed by atoms with Gasteiger partial charge in [0.15, 0.2) is 5.96 Å². The number of para-hydroxylation sites is 1. The number of ether oxygens (including phenoxy) is 2. The van der Waals surface area contributed by atoms with Gasteiger partial charge >= 0.3 is 0 Å². The molecule has 0 bridgehead atoms. The summed E-state index contributed by atoms with van der Waals surface area (Å²) in [6.45, 7) is 8.10. The lowest BCUT2D eigenvalue weighted by molar-refractivity contribution is -0.134. The van der Waals surface area contributed by atoms with Crippen molar-refractivity contribution in [2.45, 2.75) is 89.1 Å². The Labute approximate surface area is 213 Å². The number of carbonyl (C=O) groups is 2. The molecule has 9 heteroatoms. The molecular formula is C27H40N4O5. The molecule has 36 heavy (non-hydrogen) atoms. The molecule has 2 aliphatic heterocycles. The number of guanidine groups is 1. The van der Waals surface area contributed by atoms with Gasteiger partial charge in [-0.15, -0.1) is 0 Å². The van der Waals surface area contributed by atoms with Crippen LogP contribution in [-0.2, 0) is 14.3 Å². The summed E-state index contributed by atoms with van der Waals surface area (Å²) in [6, 6.07) is 6.53. The zero-order valence-corrected chi connectivity index (χ0v) is 22.0. The molecule has 9 nitrogen and oxygen atoms in total. The molecule has 2 amide bonds. The lowest BCUT2D eigenvalue weighted by atomic mass is 9.86. The molecule has 0 spiro atoms. The van der Waals surface area contributed by atoms with Gasteiger partial charge in [0.1, 0.15) is 17.5 Å². The Morgan fingerprint density at radius 3 is 2.67 bits per heavy atom. The molecule has 1 aromatic carbocycles. The van der Waals surface area contributed by atoms with Crippen LogP contribution in [0.3, 0.4) is 0 Å². The molecule has 0 aromatic heterocycles. The number of carbonyl (C=O) groups excluding carboxylic acids is 2. The zero-order valence-electron chi connectivity index (χ0n) is 22.0. The molecule has 3 aliphatic rings. The van der Waals surface area contributed by atoms with Crippen LogP contribution in [0.2, 0.25) is 0 Å². The third-order valence-electron chi connectivity index (χ3n) is 8.31. The molecule has 2 heterocycles. The Balaban J connectivity index is 1.50. The van der Waals surface area contributed by atoms with Gasteiger partial charge in [0.25, 0.3) is 0 Å². The molecule has 1 saturated heterocycles. The lowest BCUT2D eigenvalue weighted by Crippen LogP contribution is -2.64. The predicted molar refractivity (Wildman–Crippen MR) is 136 cm³/mol. The number of nitrogens with zero attached hydrogens (tertiary/aromatic N) is 1. The van der Waals surface area contributed by atoms with Crippen molar-refractivity contribution in [2.75, 3.05) is 13.7 Å². The van der Waals surface area contributed by atoms with Gasteiger partial charge in [0.05, 0.1) is 12.5 Å². The molecule has 1 unspecified atom stereocenters. The number of benzene rings is 1. The van der Waals surface area contributed by atoms with Gasteiger partial charge in [-0.1, -0.05) is 32.0 Å². The highest BCUT2D eigenvalue weighted by molar-refractivity contribution is 5.99. The van der Waals surface area contributed by atoms with Crippen molar-refractivity contribution in [3.63, 3.8) is 0 Å². The molecule has 5 atom stereocenters. The zero-order chi connectivity index (χ0) is 26.3. The van der Waals surface area contributed by atoms with E-state index in [4.69, 9.17) is 14.9 Å². The molecule has 4 rings (SSSR count). The molecule has 0 radical (unpaired) electrons. The fraction of sp³-hybridized carbons (Fsp3) is 0.667. The van der Waals surface area contributed by atoms with Crippen LogP contribution >= 0.6 is 0 Å². The summed E-state index contributed by atoms with van der Waals surface area (Å²) in [5.41, 5.74) is -0.503. The molecule has 4 N–H and O–H groups in total. The quantitative estimate of drug-likeness (QED) is 0.413. The number of aliphatic hydroxyl groups excluding tert-OH is 1. The third-order valence-corrected chi connectivity index (χ3v) is 8.31. The van der Waals surface area contributed by atoms with Gasteiger partial charge in [-0.2, -0.15) is 0 Å². The topological polar surface area (TPSA) is 124 Å². The Kier molecular flexibility index (Phi) is 7.35. The minimum Gasteiger partial charge on any atom is -0.485 e. The van der Waals surface area contributed by atoms with Crippen LogP contribution in [0.25, 0.3) is 0 Å². The van der Waals surface area contributed by atoms with Crippen LogP contribution in [-0.4, -0.2) is 64.8 Å². The third kappa shape index (κ3) is 4.83. The van der Waals surface area contributed by atoms with Crippen molar-refractivity contribution in [3.8, 4) is 5.75 Å². The maximum Gasteiger partial charge on any atom is 0.231 e. The molecule has 1 aliphatic carbocycles. The number of hydrogen-bond acceptors (Lipinski definition) is 6. The van der Waals surface area contributed by atoms with Gasteiger partial charge in [0, 0.05) is 36.8 Å². The molecule has 1 saturated carbocycles. The summed E-state index contributed by atoms with van der Waals surface area (Å²) in [7, 11) is 1.61. The Morgan fingerprint density at radius 2 is 2.03 bits per heavy atom. The number of methoxy groups -OCH3 is 1. The smallest absolute Gasteiger partial charge is 0.231 e. The first-order chi connectivity index (χ1) is 17.1. The van der Waals surface area contributed by atoms with Crippen molar-refractivity contribution in [2.24, 2.45) is 11.8 Å². The van der Waals surface area contributed by atoms with Crippen molar-refractivity contribution >= 4 is 17.8 Å². The van der Waals surface area contributed by atoms with Gasteiger partial charge in [0.2, 0.25) is 11.8 Å². The van der Waals surface area contributed by atoms with E-state index < -0.39 is 23.3 Å². The predicted octanol–water partition coefficient (Wildman–Crippen LogP) is 2.73. The van der Waals surface area contributed by atoms with Crippen LogP contribution in [0.4, 0.5) is 0 Å². The first-order valence-electron chi connectivity index (χ1n) is 13.0. The van der Waals surface area contributed by atoms with E-state index >= 15 is 0 Å². The SMILES string of the molecule is CCC1(CC)CC(=O)N(C(CCOC)[C@@H]2C[C@H]2C(=O)N[C@H]2c3ccccc3OC(C)(C)[C@@H]2O)C(=N)N1. The summed E-state index contributed by atoms with van der Waals surface area (Å²) < 4.78 is 11.3. The number of fused-ring (bicyclic) bond motifs is 1. The number of aliphatic hydroxyl groups is 1. The average Bonchev–Trinajstić information content (AvgIpc) is 3.64.